The van der Waals surface area contributed by atoms with Crippen molar-refractivity contribution in [2.45, 2.75) is 19.9 Å². The Kier molecular flexibility index (Phi) is 3.35. The number of rotatable bonds is 3. The van der Waals surface area contributed by atoms with Gasteiger partial charge in [-0.1, -0.05) is 6.07 Å². The van der Waals surface area contributed by atoms with Crippen LogP contribution in [-0.4, -0.2) is 13.2 Å². The van der Waals surface area contributed by atoms with Crippen LogP contribution in [0, 0.1) is 11.3 Å². The first-order chi connectivity index (χ1) is 6.69. The highest BCUT2D eigenvalue weighted by molar-refractivity contribution is 5.66. The number of ether oxygens (including phenoxy) is 1. The molecule has 0 unspecified atom stereocenters. The van der Waals surface area contributed by atoms with Crippen LogP contribution in [-0.2, 0) is 0 Å². The summed E-state index contributed by atoms with van der Waals surface area (Å²) in [7, 11) is 1.60. The van der Waals surface area contributed by atoms with Crippen LogP contribution in [0.1, 0.15) is 19.4 Å². The van der Waals surface area contributed by atoms with Crippen molar-refractivity contribution in [2.75, 3.05) is 12.4 Å². The SMILES string of the molecule is COc1cccc(C#N)c1NC(C)C. The smallest absolute Gasteiger partial charge is 0.143 e. The fraction of sp³-hybridized carbons (Fsp3) is 0.364. The Morgan fingerprint density at radius 3 is 2.64 bits per heavy atom. The summed E-state index contributed by atoms with van der Waals surface area (Å²) in [5.41, 5.74) is 1.38. The van der Waals surface area contributed by atoms with Crippen LogP contribution >= 0.6 is 0 Å². The zero-order valence-corrected chi connectivity index (χ0v) is 8.66. The van der Waals surface area contributed by atoms with Crippen molar-refractivity contribution < 1.29 is 4.74 Å². The molecule has 0 saturated carbocycles. The number of nitrogens with zero attached hydrogens (tertiary/aromatic N) is 1. The number of methoxy groups -OCH3 is 1. The van der Waals surface area contributed by atoms with Gasteiger partial charge in [0.25, 0.3) is 0 Å². The molecule has 1 rings (SSSR count). The molecular formula is C11H14N2O. The molecular weight excluding hydrogens is 176 g/mol. The maximum atomic E-state index is 8.91. The first-order valence-corrected chi connectivity index (χ1v) is 4.52. The second-order valence-corrected chi connectivity index (χ2v) is 3.29. The number of hydrogen-bond donors (Lipinski definition) is 1. The summed E-state index contributed by atoms with van der Waals surface area (Å²) < 4.78 is 5.18. The van der Waals surface area contributed by atoms with Gasteiger partial charge in [0, 0.05) is 6.04 Å². The molecule has 0 aliphatic heterocycles. The predicted octanol–water partition coefficient (Wildman–Crippen LogP) is 2.39. The van der Waals surface area contributed by atoms with Gasteiger partial charge in [0.15, 0.2) is 0 Å². The van der Waals surface area contributed by atoms with E-state index in [2.05, 4.69) is 11.4 Å². The average molecular weight is 190 g/mol. The Morgan fingerprint density at radius 1 is 1.43 bits per heavy atom. The Bertz CT molecular complexity index is 353. The van der Waals surface area contributed by atoms with Gasteiger partial charge in [-0.15, -0.1) is 0 Å². The summed E-state index contributed by atoms with van der Waals surface area (Å²) in [6, 6.07) is 7.83. The summed E-state index contributed by atoms with van der Waals surface area (Å²) in [6.45, 7) is 4.04. The summed E-state index contributed by atoms with van der Waals surface area (Å²) in [6.07, 6.45) is 0. The Labute approximate surface area is 84.3 Å². The molecule has 1 aromatic carbocycles. The Balaban J connectivity index is 3.14. The van der Waals surface area contributed by atoms with E-state index in [0.29, 0.717) is 11.3 Å². The molecule has 0 fully saturated rings. The van der Waals surface area contributed by atoms with Crippen LogP contribution in [0.25, 0.3) is 0 Å². The second-order valence-electron chi connectivity index (χ2n) is 3.29. The van der Waals surface area contributed by atoms with E-state index in [9.17, 15) is 0 Å². The van der Waals surface area contributed by atoms with Gasteiger partial charge in [0.05, 0.1) is 18.4 Å². The summed E-state index contributed by atoms with van der Waals surface area (Å²) in [4.78, 5) is 0. The zero-order valence-electron chi connectivity index (χ0n) is 8.66. The van der Waals surface area contributed by atoms with E-state index in [1.165, 1.54) is 0 Å². The maximum absolute atomic E-state index is 8.91. The van der Waals surface area contributed by atoms with E-state index in [0.717, 1.165) is 5.69 Å². The molecule has 0 amide bonds. The first kappa shape index (κ1) is 10.4. The van der Waals surface area contributed by atoms with Crippen LogP contribution in [0.4, 0.5) is 5.69 Å². The third-order valence-electron chi connectivity index (χ3n) is 1.80. The number of nitriles is 1. The molecule has 3 nitrogen and oxygen atoms in total. The van der Waals surface area contributed by atoms with Gasteiger partial charge in [-0.25, -0.2) is 0 Å². The lowest BCUT2D eigenvalue weighted by Gasteiger charge is -2.14. The number of nitrogens with one attached hydrogen (secondary N) is 1. The molecule has 0 aliphatic carbocycles. The van der Waals surface area contributed by atoms with Crippen molar-refractivity contribution >= 4 is 5.69 Å². The molecule has 74 valence electrons. The highest BCUT2D eigenvalue weighted by atomic mass is 16.5. The van der Waals surface area contributed by atoms with Crippen molar-refractivity contribution in [2.24, 2.45) is 0 Å². The molecule has 1 aromatic rings. The van der Waals surface area contributed by atoms with Gasteiger partial charge < -0.3 is 10.1 Å². The lowest BCUT2D eigenvalue weighted by Crippen LogP contribution is -2.11. The lowest BCUT2D eigenvalue weighted by atomic mass is 10.1. The largest absolute Gasteiger partial charge is 0.495 e. The quantitative estimate of drug-likeness (QED) is 0.795. The minimum Gasteiger partial charge on any atom is -0.495 e. The molecule has 0 radical (unpaired) electrons. The topological polar surface area (TPSA) is 45.0 Å². The fourth-order valence-corrected chi connectivity index (χ4v) is 1.23. The molecule has 3 heteroatoms. The van der Waals surface area contributed by atoms with Crippen LogP contribution in [0.3, 0.4) is 0 Å². The average Bonchev–Trinajstić information content (AvgIpc) is 2.17. The minimum atomic E-state index is 0.276. The van der Waals surface area contributed by atoms with Crippen LogP contribution < -0.4 is 10.1 Å². The first-order valence-electron chi connectivity index (χ1n) is 4.52. The van der Waals surface area contributed by atoms with Crippen LogP contribution in [0.5, 0.6) is 5.75 Å². The van der Waals surface area contributed by atoms with E-state index in [-0.39, 0.29) is 6.04 Å². The fourth-order valence-electron chi connectivity index (χ4n) is 1.23. The predicted molar refractivity (Wildman–Crippen MR) is 56.5 cm³/mol. The molecule has 0 heterocycles. The highest BCUT2D eigenvalue weighted by Gasteiger charge is 2.08. The number of para-hydroxylation sites is 1. The van der Waals surface area contributed by atoms with Gasteiger partial charge >= 0.3 is 0 Å². The summed E-state index contributed by atoms with van der Waals surface area (Å²) in [5, 5.41) is 12.1. The molecule has 0 aromatic heterocycles. The zero-order chi connectivity index (χ0) is 10.6. The van der Waals surface area contributed by atoms with E-state index >= 15 is 0 Å². The molecule has 0 atom stereocenters. The molecule has 0 spiro atoms. The third kappa shape index (κ3) is 2.17. The van der Waals surface area contributed by atoms with Gasteiger partial charge in [0.2, 0.25) is 0 Å². The van der Waals surface area contributed by atoms with E-state index in [1.54, 1.807) is 13.2 Å². The minimum absolute atomic E-state index is 0.276. The van der Waals surface area contributed by atoms with Crippen LogP contribution in [0.2, 0.25) is 0 Å². The standard InChI is InChI=1S/C11H14N2O/c1-8(2)13-11-9(7-12)5-4-6-10(11)14-3/h4-6,8,13H,1-3H3. The Hall–Kier alpha value is -1.69. The number of hydrogen-bond acceptors (Lipinski definition) is 3. The van der Waals surface area contributed by atoms with Gasteiger partial charge in [-0.2, -0.15) is 5.26 Å². The third-order valence-corrected chi connectivity index (χ3v) is 1.80. The number of benzene rings is 1. The molecule has 0 aliphatic rings. The van der Waals surface area contributed by atoms with Gasteiger partial charge in [0.1, 0.15) is 11.8 Å². The van der Waals surface area contributed by atoms with Crippen LogP contribution in [0.15, 0.2) is 18.2 Å². The number of anilines is 1. The monoisotopic (exact) mass is 190 g/mol. The molecule has 14 heavy (non-hydrogen) atoms. The van der Waals surface area contributed by atoms with Crippen molar-refractivity contribution in [3.63, 3.8) is 0 Å². The van der Waals surface area contributed by atoms with E-state index in [1.807, 2.05) is 26.0 Å². The van der Waals surface area contributed by atoms with Gasteiger partial charge in [-0.3, -0.25) is 0 Å². The normalized spacial score (nSPS) is 9.64. The highest BCUT2D eigenvalue weighted by Crippen LogP contribution is 2.28. The maximum Gasteiger partial charge on any atom is 0.143 e. The van der Waals surface area contributed by atoms with Crippen molar-refractivity contribution in [1.29, 1.82) is 5.26 Å². The van der Waals surface area contributed by atoms with Crippen molar-refractivity contribution in [3.05, 3.63) is 23.8 Å². The summed E-state index contributed by atoms with van der Waals surface area (Å²) >= 11 is 0. The van der Waals surface area contributed by atoms with Crippen molar-refractivity contribution in [3.8, 4) is 11.8 Å². The summed E-state index contributed by atoms with van der Waals surface area (Å²) in [5.74, 6) is 0.706. The van der Waals surface area contributed by atoms with E-state index < -0.39 is 0 Å². The Morgan fingerprint density at radius 2 is 2.14 bits per heavy atom. The second kappa shape index (κ2) is 4.52. The van der Waals surface area contributed by atoms with Crippen molar-refractivity contribution in [1.82, 2.24) is 0 Å². The van der Waals surface area contributed by atoms with Gasteiger partial charge in [-0.05, 0) is 26.0 Å². The molecule has 0 saturated heterocycles. The van der Waals surface area contributed by atoms with E-state index in [4.69, 9.17) is 10.00 Å². The lowest BCUT2D eigenvalue weighted by molar-refractivity contribution is 0.416. The molecule has 0 bridgehead atoms. The molecule has 1 N–H and O–H groups in total.